The van der Waals surface area contributed by atoms with E-state index < -0.39 is 17.9 Å². The van der Waals surface area contributed by atoms with E-state index >= 15 is 0 Å². The normalized spacial score (nSPS) is 10.1. The monoisotopic (exact) mass is 280 g/mol. The fraction of sp³-hybridized carbons (Fsp3) is 0.800. The number of halogens is 1. The van der Waals surface area contributed by atoms with E-state index in [0.29, 0.717) is 6.42 Å². The highest BCUT2D eigenvalue weighted by atomic mass is 79.9. The first-order valence-corrected chi connectivity index (χ1v) is 6.18. The van der Waals surface area contributed by atoms with Gasteiger partial charge in [-0.2, -0.15) is 0 Å². The third-order valence-electron chi connectivity index (χ3n) is 1.77. The van der Waals surface area contributed by atoms with E-state index in [1.54, 1.807) is 13.8 Å². The molecule has 0 unspecified atom stereocenters. The van der Waals surface area contributed by atoms with Crippen LogP contribution in [0.2, 0.25) is 0 Å². The summed E-state index contributed by atoms with van der Waals surface area (Å²) in [4.78, 5) is 22.9. The Bertz CT molecular complexity index is 188. The van der Waals surface area contributed by atoms with Gasteiger partial charge in [0.25, 0.3) is 0 Å². The Morgan fingerprint density at radius 3 is 1.93 bits per heavy atom. The highest BCUT2D eigenvalue weighted by Crippen LogP contribution is 2.12. The summed E-state index contributed by atoms with van der Waals surface area (Å²) < 4.78 is 9.63. The fourth-order valence-electron chi connectivity index (χ4n) is 1.10. The van der Waals surface area contributed by atoms with Crippen LogP contribution in [-0.2, 0) is 19.1 Å². The number of hydrogen-bond donors (Lipinski definition) is 0. The van der Waals surface area contributed by atoms with Crippen LogP contribution in [0.4, 0.5) is 0 Å². The number of carbonyl (C=O) groups is 2. The lowest BCUT2D eigenvalue weighted by Gasteiger charge is -2.13. The second kappa shape index (κ2) is 8.71. The van der Waals surface area contributed by atoms with Crippen LogP contribution >= 0.6 is 15.9 Å². The Morgan fingerprint density at radius 2 is 1.60 bits per heavy atom. The van der Waals surface area contributed by atoms with Crippen LogP contribution in [-0.4, -0.2) is 30.5 Å². The number of ether oxygens (including phenoxy) is 2. The van der Waals surface area contributed by atoms with Crippen molar-refractivity contribution >= 4 is 27.9 Å². The first kappa shape index (κ1) is 14.4. The van der Waals surface area contributed by atoms with Gasteiger partial charge in [0, 0.05) is 5.33 Å². The van der Waals surface area contributed by atoms with Crippen LogP contribution in [0.5, 0.6) is 0 Å². The summed E-state index contributed by atoms with van der Waals surface area (Å²) in [5.74, 6) is -1.75. The lowest BCUT2D eigenvalue weighted by atomic mass is 10.0. The molecule has 0 N–H and O–H groups in total. The van der Waals surface area contributed by atoms with Gasteiger partial charge >= 0.3 is 11.9 Å². The molecule has 0 bridgehead atoms. The van der Waals surface area contributed by atoms with Crippen LogP contribution in [0, 0.1) is 5.92 Å². The van der Waals surface area contributed by atoms with Gasteiger partial charge in [-0.1, -0.05) is 15.9 Å². The molecule has 0 spiro atoms. The van der Waals surface area contributed by atoms with Crippen LogP contribution < -0.4 is 0 Å². The number of rotatable bonds is 7. The highest BCUT2D eigenvalue weighted by Gasteiger charge is 2.28. The van der Waals surface area contributed by atoms with Gasteiger partial charge in [0.15, 0.2) is 5.92 Å². The van der Waals surface area contributed by atoms with Crippen LogP contribution in [0.3, 0.4) is 0 Å². The molecule has 0 fully saturated rings. The van der Waals surface area contributed by atoms with Crippen molar-refractivity contribution in [3.8, 4) is 0 Å². The van der Waals surface area contributed by atoms with Gasteiger partial charge in [-0.15, -0.1) is 0 Å². The van der Waals surface area contributed by atoms with E-state index in [4.69, 9.17) is 9.47 Å². The van der Waals surface area contributed by atoms with E-state index in [9.17, 15) is 9.59 Å². The zero-order valence-corrected chi connectivity index (χ0v) is 10.7. The first-order chi connectivity index (χ1) is 7.17. The van der Waals surface area contributed by atoms with E-state index in [0.717, 1.165) is 11.8 Å². The third-order valence-corrected chi connectivity index (χ3v) is 2.33. The molecule has 0 amide bonds. The van der Waals surface area contributed by atoms with Gasteiger partial charge < -0.3 is 9.47 Å². The average molecular weight is 281 g/mol. The van der Waals surface area contributed by atoms with Gasteiger partial charge in [0.05, 0.1) is 13.2 Å². The predicted molar refractivity (Wildman–Crippen MR) is 59.8 cm³/mol. The quantitative estimate of drug-likeness (QED) is 0.406. The summed E-state index contributed by atoms with van der Waals surface area (Å²) in [6.45, 7) is 3.99. The van der Waals surface area contributed by atoms with Gasteiger partial charge in [-0.3, -0.25) is 9.59 Å². The molecule has 0 aliphatic heterocycles. The summed E-state index contributed by atoms with van der Waals surface area (Å²) in [6.07, 6.45) is 1.20. The van der Waals surface area contributed by atoms with Crippen molar-refractivity contribution in [1.82, 2.24) is 0 Å². The largest absolute Gasteiger partial charge is 0.465 e. The maximum Gasteiger partial charge on any atom is 0.320 e. The number of carbonyl (C=O) groups excluding carboxylic acids is 2. The molecule has 0 rings (SSSR count). The molecular weight excluding hydrogens is 264 g/mol. The molecule has 0 atom stereocenters. The van der Waals surface area contributed by atoms with Crippen molar-refractivity contribution in [2.75, 3.05) is 18.5 Å². The average Bonchev–Trinajstić information content (AvgIpc) is 2.19. The molecule has 88 valence electrons. The Hall–Kier alpha value is -0.580. The third kappa shape index (κ3) is 5.77. The van der Waals surface area contributed by atoms with Crippen molar-refractivity contribution < 1.29 is 19.1 Å². The predicted octanol–water partition coefficient (Wildman–Crippen LogP) is 1.90. The summed E-state index contributed by atoms with van der Waals surface area (Å²) >= 11 is 3.25. The van der Waals surface area contributed by atoms with Crippen molar-refractivity contribution in [1.29, 1.82) is 0 Å². The van der Waals surface area contributed by atoms with E-state index in [1.165, 1.54) is 0 Å². The molecule has 0 saturated carbocycles. The molecule has 0 aliphatic carbocycles. The Balaban J connectivity index is 4.28. The lowest BCUT2D eigenvalue weighted by molar-refractivity contribution is -0.161. The minimum atomic E-state index is -0.776. The zero-order chi connectivity index (χ0) is 11.7. The van der Waals surface area contributed by atoms with Crippen LogP contribution in [0.15, 0.2) is 0 Å². The van der Waals surface area contributed by atoms with Gasteiger partial charge in [0.1, 0.15) is 0 Å². The van der Waals surface area contributed by atoms with Crippen molar-refractivity contribution in [2.24, 2.45) is 5.92 Å². The van der Waals surface area contributed by atoms with E-state index in [1.807, 2.05) is 0 Å². The molecule has 0 aliphatic rings. The standard InChI is InChI=1S/C10H17BrO4/c1-3-14-9(12)8(6-5-7-11)10(13)15-4-2/h8H,3-7H2,1-2H3. The Morgan fingerprint density at radius 1 is 1.13 bits per heavy atom. The molecule has 0 aromatic rings. The van der Waals surface area contributed by atoms with E-state index in [2.05, 4.69) is 15.9 Å². The zero-order valence-electron chi connectivity index (χ0n) is 9.12. The highest BCUT2D eigenvalue weighted by molar-refractivity contribution is 9.09. The summed E-state index contributed by atoms with van der Waals surface area (Å²) in [5.41, 5.74) is 0. The van der Waals surface area contributed by atoms with Crippen LogP contribution in [0.1, 0.15) is 26.7 Å². The molecule has 0 radical (unpaired) electrons. The minimum absolute atomic E-state index is 0.281. The number of alkyl halides is 1. The molecule has 5 heteroatoms. The van der Waals surface area contributed by atoms with Gasteiger partial charge in [-0.05, 0) is 26.7 Å². The maximum absolute atomic E-state index is 11.4. The SMILES string of the molecule is CCOC(=O)C(CCCBr)C(=O)OCC. The van der Waals surface area contributed by atoms with Crippen molar-refractivity contribution in [2.45, 2.75) is 26.7 Å². The van der Waals surface area contributed by atoms with Crippen LogP contribution in [0.25, 0.3) is 0 Å². The molecule has 4 nitrogen and oxygen atoms in total. The Labute approximate surface area is 98.4 Å². The van der Waals surface area contributed by atoms with Crippen molar-refractivity contribution in [3.63, 3.8) is 0 Å². The van der Waals surface area contributed by atoms with Gasteiger partial charge in [0.2, 0.25) is 0 Å². The summed E-state index contributed by atoms with van der Waals surface area (Å²) in [5, 5.41) is 0.752. The van der Waals surface area contributed by atoms with Gasteiger partial charge in [-0.25, -0.2) is 0 Å². The Kier molecular flexibility index (Phi) is 8.37. The lowest BCUT2D eigenvalue weighted by Crippen LogP contribution is -2.28. The molecular formula is C10H17BrO4. The topological polar surface area (TPSA) is 52.6 Å². The molecule has 15 heavy (non-hydrogen) atoms. The fourth-order valence-corrected chi connectivity index (χ4v) is 1.42. The first-order valence-electron chi connectivity index (χ1n) is 5.06. The second-order valence-electron chi connectivity index (χ2n) is 2.89. The summed E-state index contributed by atoms with van der Waals surface area (Å²) in [7, 11) is 0. The smallest absolute Gasteiger partial charge is 0.320 e. The number of hydrogen-bond acceptors (Lipinski definition) is 4. The summed E-state index contributed by atoms with van der Waals surface area (Å²) in [6, 6.07) is 0. The second-order valence-corrected chi connectivity index (χ2v) is 3.68. The molecule has 0 heterocycles. The molecule has 0 saturated heterocycles. The maximum atomic E-state index is 11.4. The minimum Gasteiger partial charge on any atom is -0.465 e. The van der Waals surface area contributed by atoms with E-state index in [-0.39, 0.29) is 13.2 Å². The molecule has 0 aromatic carbocycles. The van der Waals surface area contributed by atoms with Crippen molar-refractivity contribution in [3.05, 3.63) is 0 Å². The molecule has 0 aromatic heterocycles. The number of esters is 2.